The molecule has 0 amide bonds. The third-order valence-corrected chi connectivity index (χ3v) is 2.61. The summed E-state index contributed by atoms with van der Waals surface area (Å²) in [6.07, 6.45) is 0.369. The fourth-order valence-electron chi connectivity index (χ4n) is 1.81. The summed E-state index contributed by atoms with van der Waals surface area (Å²) in [6.45, 7) is 1.91. The Labute approximate surface area is 81.3 Å². The molecule has 0 saturated carbocycles. The number of anilines is 1. The van der Waals surface area contributed by atoms with Crippen LogP contribution in [0.2, 0.25) is 0 Å². The van der Waals surface area contributed by atoms with Crippen molar-refractivity contribution in [3.05, 3.63) is 29.3 Å². The van der Waals surface area contributed by atoms with E-state index < -0.39 is 12.0 Å². The second kappa shape index (κ2) is 2.99. The lowest BCUT2D eigenvalue weighted by Crippen LogP contribution is -2.35. The molecule has 1 heterocycles. The van der Waals surface area contributed by atoms with Gasteiger partial charge >= 0.3 is 5.97 Å². The van der Waals surface area contributed by atoms with E-state index in [1.165, 1.54) is 0 Å². The summed E-state index contributed by atoms with van der Waals surface area (Å²) in [5, 5.41) is 19.3. The van der Waals surface area contributed by atoms with Gasteiger partial charge < -0.3 is 5.11 Å². The zero-order valence-corrected chi connectivity index (χ0v) is 7.77. The Hall–Kier alpha value is -1.55. The molecule has 0 spiro atoms. The monoisotopic (exact) mass is 193 g/mol. The smallest absolute Gasteiger partial charge is 0.329 e. The van der Waals surface area contributed by atoms with Crippen molar-refractivity contribution in [2.75, 3.05) is 5.06 Å². The Morgan fingerprint density at radius 2 is 2.29 bits per heavy atom. The van der Waals surface area contributed by atoms with Gasteiger partial charge in [0.05, 0.1) is 5.69 Å². The van der Waals surface area contributed by atoms with E-state index in [2.05, 4.69) is 0 Å². The van der Waals surface area contributed by atoms with Gasteiger partial charge in [-0.2, -0.15) is 0 Å². The van der Waals surface area contributed by atoms with E-state index in [9.17, 15) is 10.0 Å². The third-order valence-electron chi connectivity index (χ3n) is 2.61. The van der Waals surface area contributed by atoms with Crippen LogP contribution < -0.4 is 5.06 Å². The minimum atomic E-state index is -0.997. The first kappa shape index (κ1) is 9.02. The molecule has 1 unspecified atom stereocenters. The van der Waals surface area contributed by atoms with Gasteiger partial charge in [0, 0.05) is 6.42 Å². The van der Waals surface area contributed by atoms with Crippen LogP contribution >= 0.6 is 0 Å². The van der Waals surface area contributed by atoms with Gasteiger partial charge in [0.1, 0.15) is 0 Å². The van der Waals surface area contributed by atoms with E-state index in [0.717, 1.165) is 16.2 Å². The predicted molar refractivity (Wildman–Crippen MR) is 50.6 cm³/mol. The number of aliphatic carboxylic acids is 1. The summed E-state index contributed by atoms with van der Waals surface area (Å²) < 4.78 is 0. The Balaban J connectivity index is 2.45. The van der Waals surface area contributed by atoms with E-state index in [1.54, 1.807) is 6.07 Å². The molecule has 1 aromatic carbocycles. The summed E-state index contributed by atoms with van der Waals surface area (Å²) in [5.74, 6) is -0.997. The zero-order chi connectivity index (χ0) is 10.3. The summed E-state index contributed by atoms with van der Waals surface area (Å²) in [5.41, 5.74) is 2.55. The molecule has 4 heteroatoms. The van der Waals surface area contributed by atoms with Crippen LogP contribution in [0.15, 0.2) is 18.2 Å². The van der Waals surface area contributed by atoms with Crippen LogP contribution in [-0.4, -0.2) is 22.3 Å². The molecule has 1 aromatic rings. The van der Waals surface area contributed by atoms with Crippen molar-refractivity contribution >= 4 is 11.7 Å². The molecule has 1 aliphatic rings. The molecule has 0 bridgehead atoms. The van der Waals surface area contributed by atoms with E-state index >= 15 is 0 Å². The summed E-state index contributed by atoms with van der Waals surface area (Å²) in [4.78, 5) is 10.8. The highest BCUT2D eigenvalue weighted by Crippen LogP contribution is 2.32. The van der Waals surface area contributed by atoms with Crippen molar-refractivity contribution in [1.29, 1.82) is 0 Å². The summed E-state index contributed by atoms with van der Waals surface area (Å²) in [6, 6.07) is 4.61. The molecule has 14 heavy (non-hydrogen) atoms. The van der Waals surface area contributed by atoms with Gasteiger partial charge in [0.25, 0.3) is 0 Å². The highest BCUT2D eigenvalue weighted by molar-refractivity contribution is 5.81. The second-order valence-corrected chi connectivity index (χ2v) is 3.48. The molecule has 2 rings (SSSR count). The number of rotatable bonds is 1. The molecule has 1 aliphatic heterocycles. The normalized spacial score (nSPS) is 19.6. The number of hydrogen-bond acceptors (Lipinski definition) is 3. The minimum Gasteiger partial charge on any atom is -0.480 e. The quantitative estimate of drug-likeness (QED) is 0.703. The molecule has 0 aliphatic carbocycles. The van der Waals surface area contributed by atoms with Gasteiger partial charge in [0.15, 0.2) is 6.04 Å². The van der Waals surface area contributed by atoms with Gasteiger partial charge in [-0.15, -0.1) is 0 Å². The number of carboxylic acids is 1. The van der Waals surface area contributed by atoms with Gasteiger partial charge in [-0.3, -0.25) is 5.21 Å². The zero-order valence-electron chi connectivity index (χ0n) is 7.77. The lowest BCUT2D eigenvalue weighted by molar-refractivity contribution is -0.139. The second-order valence-electron chi connectivity index (χ2n) is 3.48. The number of aryl methyl sites for hydroxylation is 1. The number of benzene rings is 1. The molecule has 4 nitrogen and oxygen atoms in total. The third kappa shape index (κ3) is 1.15. The maximum Gasteiger partial charge on any atom is 0.329 e. The molecular weight excluding hydrogens is 182 g/mol. The minimum absolute atomic E-state index is 0.369. The Morgan fingerprint density at radius 1 is 1.57 bits per heavy atom. The van der Waals surface area contributed by atoms with Gasteiger partial charge in [-0.05, 0) is 24.1 Å². The van der Waals surface area contributed by atoms with Crippen molar-refractivity contribution in [3.8, 4) is 0 Å². The lowest BCUT2D eigenvalue weighted by Gasteiger charge is -2.15. The standard InChI is InChI=1S/C10H11NO3/c1-6-3-2-4-8-7(6)5-9(10(12)13)11(8)14/h2-4,9,14H,5H2,1H3,(H,12,13). The van der Waals surface area contributed by atoms with Crippen molar-refractivity contribution in [2.24, 2.45) is 0 Å². The van der Waals surface area contributed by atoms with Gasteiger partial charge in [0.2, 0.25) is 0 Å². The van der Waals surface area contributed by atoms with Crippen LogP contribution in [0.5, 0.6) is 0 Å². The van der Waals surface area contributed by atoms with E-state index in [0.29, 0.717) is 12.1 Å². The van der Waals surface area contributed by atoms with E-state index in [4.69, 9.17) is 5.11 Å². The fraction of sp³-hybridized carbons (Fsp3) is 0.300. The number of carboxylic acid groups (broad SMARTS) is 1. The molecule has 0 aromatic heterocycles. The van der Waals surface area contributed by atoms with Crippen LogP contribution in [0.4, 0.5) is 5.69 Å². The van der Waals surface area contributed by atoms with Crippen LogP contribution in [0, 0.1) is 6.92 Å². The predicted octanol–water partition coefficient (Wildman–Crippen LogP) is 1.20. The first-order chi connectivity index (χ1) is 6.61. The van der Waals surface area contributed by atoms with Gasteiger partial charge in [-0.1, -0.05) is 12.1 Å². The molecule has 0 fully saturated rings. The Kier molecular flexibility index (Phi) is 1.93. The molecule has 1 atom stereocenters. The number of nitrogens with zero attached hydrogens (tertiary/aromatic N) is 1. The topological polar surface area (TPSA) is 60.8 Å². The number of fused-ring (bicyclic) bond motifs is 1. The molecule has 0 radical (unpaired) electrons. The first-order valence-corrected chi connectivity index (χ1v) is 4.40. The molecular formula is C10H11NO3. The Morgan fingerprint density at radius 3 is 2.86 bits per heavy atom. The Bertz CT molecular complexity index is 389. The van der Waals surface area contributed by atoms with Gasteiger partial charge in [-0.25, -0.2) is 9.86 Å². The maximum absolute atomic E-state index is 10.8. The van der Waals surface area contributed by atoms with Crippen molar-refractivity contribution in [2.45, 2.75) is 19.4 Å². The molecule has 74 valence electrons. The maximum atomic E-state index is 10.8. The number of hydrogen-bond donors (Lipinski definition) is 2. The van der Waals surface area contributed by atoms with Crippen molar-refractivity contribution in [1.82, 2.24) is 0 Å². The summed E-state index contributed by atoms with van der Waals surface area (Å²) >= 11 is 0. The average Bonchev–Trinajstić information content (AvgIpc) is 2.46. The van der Waals surface area contributed by atoms with Crippen LogP contribution in [0.1, 0.15) is 11.1 Å². The number of hydroxylamine groups is 1. The van der Waals surface area contributed by atoms with Crippen molar-refractivity contribution < 1.29 is 15.1 Å². The average molecular weight is 193 g/mol. The highest BCUT2D eigenvalue weighted by Gasteiger charge is 2.34. The molecule has 0 saturated heterocycles. The number of carbonyl (C=O) groups is 1. The largest absolute Gasteiger partial charge is 0.480 e. The molecule has 2 N–H and O–H groups in total. The summed E-state index contributed by atoms with van der Waals surface area (Å²) in [7, 11) is 0. The first-order valence-electron chi connectivity index (χ1n) is 4.40. The lowest BCUT2D eigenvalue weighted by atomic mass is 10.0. The van der Waals surface area contributed by atoms with Crippen LogP contribution in [0.25, 0.3) is 0 Å². The van der Waals surface area contributed by atoms with E-state index in [-0.39, 0.29) is 0 Å². The van der Waals surface area contributed by atoms with Crippen molar-refractivity contribution in [3.63, 3.8) is 0 Å². The highest BCUT2D eigenvalue weighted by atomic mass is 16.5. The van der Waals surface area contributed by atoms with Crippen LogP contribution in [0.3, 0.4) is 0 Å². The van der Waals surface area contributed by atoms with Crippen LogP contribution in [-0.2, 0) is 11.2 Å². The fourth-order valence-corrected chi connectivity index (χ4v) is 1.81. The SMILES string of the molecule is Cc1cccc2c1CC(C(=O)O)N2O. The van der Waals surface area contributed by atoms with E-state index in [1.807, 2.05) is 19.1 Å².